The van der Waals surface area contributed by atoms with E-state index in [0.29, 0.717) is 11.4 Å². The van der Waals surface area contributed by atoms with E-state index < -0.39 is 0 Å². The molecule has 0 aliphatic carbocycles. The number of hydrogen-bond donors (Lipinski definition) is 1. The summed E-state index contributed by atoms with van der Waals surface area (Å²) in [4.78, 5) is 15.7. The van der Waals surface area contributed by atoms with E-state index in [2.05, 4.69) is 15.5 Å². The molecule has 2 aromatic heterocycles. The van der Waals surface area contributed by atoms with E-state index in [1.807, 2.05) is 20.8 Å². The van der Waals surface area contributed by atoms with Crippen LogP contribution in [0, 0.1) is 0 Å². The molecule has 0 saturated heterocycles. The molecule has 94 valence electrons. The third-order valence-corrected chi connectivity index (χ3v) is 2.46. The van der Waals surface area contributed by atoms with Crippen LogP contribution in [-0.2, 0) is 5.41 Å². The van der Waals surface area contributed by atoms with Gasteiger partial charge in [0.25, 0.3) is 5.91 Å². The summed E-state index contributed by atoms with van der Waals surface area (Å²) in [7, 11) is 0. The number of amides is 1. The minimum absolute atomic E-state index is 0.108. The molecule has 18 heavy (non-hydrogen) atoms. The lowest BCUT2D eigenvalue weighted by Gasteiger charge is -2.12. The predicted molar refractivity (Wildman–Crippen MR) is 67.4 cm³/mol. The Morgan fingerprint density at radius 1 is 1.28 bits per heavy atom. The van der Waals surface area contributed by atoms with E-state index >= 15 is 0 Å². The van der Waals surface area contributed by atoms with E-state index in [1.165, 1.54) is 0 Å². The van der Waals surface area contributed by atoms with Gasteiger partial charge >= 0.3 is 0 Å². The highest BCUT2D eigenvalue weighted by atomic mass is 16.5. The molecule has 2 rings (SSSR count). The molecular weight excluding hydrogens is 230 g/mol. The molecule has 0 radical (unpaired) electrons. The predicted octanol–water partition coefficient (Wildman–Crippen LogP) is 2.62. The zero-order valence-electron chi connectivity index (χ0n) is 10.6. The zero-order chi connectivity index (χ0) is 13.2. The average Bonchev–Trinajstić information content (AvgIpc) is 2.78. The standard InChI is InChI=1S/C13H15N3O2/c1-13(2,3)10-8-11(18-16-10)15-12(17)9-4-6-14-7-5-9/h4-8H,1-3H3,(H,15,17). The second-order valence-electron chi connectivity index (χ2n) is 5.02. The van der Waals surface area contributed by atoms with E-state index in [9.17, 15) is 4.79 Å². The first-order valence-corrected chi connectivity index (χ1v) is 5.65. The number of carbonyl (C=O) groups is 1. The first kappa shape index (κ1) is 12.3. The molecule has 0 aliphatic rings. The number of nitrogens with zero attached hydrogens (tertiary/aromatic N) is 2. The Labute approximate surface area is 105 Å². The fourth-order valence-corrected chi connectivity index (χ4v) is 1.37. The molecule has 0 spiro atoms. The molecule has 5 heteroatoms. The lowest BCUT2D eigenvalue weighted by molar-refractivity contribution is 0.102. The quantitative estimate of drug-likeness (QED) is 0.883. The maximum absolute atomic E-state index is 11.8. The Morgan fingerprint density at radius 2 is 1.94 bits per heavy atom. The number of anilines is 1. The lowest BCUT2D eigenvalue weighted by Crippen LogP contribution is -2.12. The molecule has 0 aromatic carbocycles. The van der Waals surface area contributed by atoms with Gasteiger partial charge in [-0.15, -0.1) is 0 Å². The van der Waals surface area contributed by atoms with E-state index in [1.54, 1.807) is 30.6 Å². The van der Waals surface area contributed by atoms with Gasteiger partial charge in [-0.25, -0.2) is 0 Å². The van der Waals surface area contributed by atoms with Crippen LogP contribution < -0.4 is 5.32 Å². The van der Waals surface area contributed by atoms with Crippen molar-refractivity contribution in [1.82, 2.24) is 10.1 Å². The van der Waals surface area contributed by atoms with Crippen LogP contribution in [0.25, 0.3) is 0 Å². The van der Waals surface area contributed by atoms with Crippen LogP contribution >= 0.6 is 0 Å². The summed E-state index contributed by atoms with van der Waals surface area (Å²) in [6.45, 7) is 6.08. The molecule has 2 heterocycles. The Kier molecular flexibility index (Phi) is 3.14. The summed E-state index contributed by atoms with van der Waals surface area (Å²) in [6.07, 6.45) is 3.13. The van der Waals surface area contributed by atoms with Crippen LogP contribution in [0.1, 0.15) is 36.8 Å². The zero-order valence-corrected chi connectivity index (χ0v) is 10.6. The summed E-state index contributed by atoms with van der Waals surface area (Å²) in [6, 6.07) is 5.01. The monoisotopic (exact) mass is 245 g/mol. The van der Waals surface area contributed by atoms with Gasteiger partial charge in [0.05, 0.1) is 5.69 Å². The van der Waals surface area contributed by atoms with Crippen molar-refractivity contribution < 1.29 is 9.32 Å². The van der Waals surface area contributed by atoms with Crippen LogP contribution in [0.15, 0.2) is 35.1 Å². The lowest BCUT2D eigenvalue weighted by atomic mass is 9.92. The number of rotatable bonds is 2. The van der Waals surface area contributed by atoms with Gasteiger partial charge in [-0.1, -0.05) is 25.9 Å². The molecule has 0 atom stereocenters. The van der Waals surface area contributed by atoms with Crippen molar-refractivity contribution >= 4 is 11.8 Å². The van der Waals surface area contributed by atoms with Gasteiger partial charge in [-0.3, -0.25) is 15.1 Å². The highest BCUT2D eigenvalue weighted by Gasteiger charge is 2.19. The second-order valence-corrected chi connectivity index (χ2v) is 5.02. The molecule has 0 saturated carbocycles. The Morgan fingerprint density at radius 3 is 2.50 bits per heavy atom. The number of aromatic nitrogens is 2. The molecule has 0 fully saturated rings. The largest absolute Gasteiger partial charge is 0.338 e. The third-order valence-electron chi connectivity index (χ3n) is 2.46. The maximum Gasteiger partial charge on any atom is 0.258 e. The van der Waals surface area contributed by atoms with Crippen molar-refractivity contribution in [2.24, 2.45) is 0 Å². The topological polar surface area (TPSA) is 68.0 Å². The van der Waals surface area contributed by atoms with Crippen molar-refractivity contribution in [2.75, 3.05) is 5.32 Å². The summed E-state index contributed by atoms with van der Waals surface area (Å²) >= 11 is 0. The fourth-order valence-electron chi connectivity index (χ4n) is 1.37. The van der Waals surface area contributed by atoms with Crippen LogP contribution in [0.2, 0.25) is 0 Å². The molecule has 1 N–H and O–H groups in total. The van der Waals surface area contributed by atoms with E-state index in [-0.39, 0.29) is 11.3 Å². The van der Waals surface area contributed by atoms with Crippen LogP contribution in [0.4, 0.5) is 5.88 Å². The minimum atomic E-state index is -0.242. The molecule has 1 amide bonds. The van der Waals surface area contributed by atoms with Gasteiger partial charge in [0.1, 0.15) is 0 Å². The SMILES string of the molecule is CC(C)(C)c1cc(NC(=O)c2ccncc2)on1. The number of carbonyl (C=O) groups excluding carboxylic acids is 1. The highest BCUT2D eigenvalue weighted by Crippen LogP contribution is 2.23. The fraction of sp³-hybridized carbons (Fsp3) is 0.308. The average molecular weight is 245 g/mol. The minimum Gasteiger partial charge on any atom is -0.338 e. The third kappa shape index (κ3) is 2.74. The molecule has 2 aromatic rings. The Bertz CT molecular complexity index is 541. The Balaban J connectivity index is 2.11. The maximum atomic E-state index is 11.8. The number of nitrogens with one attached hydrogen (secondary N) is 1. The molecular formula is C13H15N3O2. The van der Waals surface area contributed by atoms with Crippen molar-refractivity contribution in [1.29, 1.82) is 0 Å². The number of hydrogen-bond acceptors (Lipinski definition) is 4. The summed E-state index contributed by atoms with van der Waals surface area (Å²) in [5, 5.41) is 6.59. The summed E-state index contributed by atoms with van der Waals surface area (Å²) in [5.41, 5.74) is 1.22. The highest BCUT2D eigenvalue weighted by molar-refractivity contribution is 6.03. The van der Waals surface area contributed by atoms with Gasteiger partial charge in [0, 0.05) is 29.4 Å². The molecule has 5 nitrogen and oxygen atoms in total. The smallest absolute Gasteiger partial charge is 0.258 e. The van der Waals surface area contributed by atoms with Gasteiger partial charge < -0.3 is 4.52 Å². The van der Waals surface area contributed by atoms with Crippen molar-refractivity contribution in [3.8, 4) is 0 Å². The van der Waals surface area contributed by atoms with Gasteiger partial charge in [0.2, 0.25) is 5.88 Å². The van der Waals surface area contributed by atoms with Crippen molar-refractivity contribution in [3.05, 3.63) is 41.9 Å². The van der Waals surface area contributed by atoms with Gasteiger partial charge in [-0.05, 0) is 12.1 Å². The second kappa shape index (κ2) is 4.60. The summed E-state index contributed by atoms with van der Waals surface area (Å²) in [5.74, 6) is 0.107. The molecule has 0 aliphatic heterocycles. The van der Waals surface area contributed by atoms with Crippen LogP contribution in [0.3, 0.4) is 0 Å². The van der Waals surface area contributed by atoms with Gasteiger partial charge in [0.15, 0.2) is 0 Å². The van der Waals surface area contributed by atoms with Gasteiger partial charge in [-0.2, -0.15) is 0 Å². The van der Waals surface area contributed by atoms with Crippen molar-refractivity contribution in [2.45, 2.75) is 26.2 Å². The van der Waals surface area contributed by atoms with E-state index in [0.717, 1.165) is 5.69 Å². The van der Waals surface area contributed by atoms with E-state index in [4.69, 9.17) is 4.52 Å². The molecule has 0 unspecified atom stereocenters. The first-order chi connectivity index (χ1) is 8.47. The van der Waals surface area contributed by atoms with Crippen LogP contribution in [-0.4, -0.2) is 16.0 Å². The van der Waals surface area contributed by atoms with Crippen LogP contribution in [0.5, 0.6) is 0 Å². The van der Waals surface area contributed by atoms with Crippen molar-refractivity contribution in [3.63, 3.8) is 0 Å². The Hall–Kier alpha value is -2.17. The normalized spacial score (nSPS) is 11.3. The first-order valence-electron chi connectivity index (χ1n) is 5.65. The summed E-state index contributed by atoms with van der Waals surface area (Å²) < 4.78 is 5.09. The molecule has 0 bridgehead atoms. The number of pyridine rings is 1.